The topological polar surface area (TPSA) is 27.7 Å². The van der Waals surface area contributed by atoms with Crippen molar-refractivity contribution in [1.29, 1.82) is 0 Å². The van der Waals surface area contributed by atoms with Crippen LogP contribution in [0.2, 0.25) is 5.02 Å². The summed E-state index contributed by atoms with van der Waals surface area (Å²) in [5, 5.41) is 0.591. The van der Waals surface area contributed by atoms with Crippen LogP contribution in [0.1, 0.15) is 11.1 Å². The standard InChI is InChI=1S/C19H18ClF3O3S/c1-13(10-25-16-6-4-15(5-7-16)19(21,22)23)12-27-18-8-3-14(9-17(18)20)11-26-24-2/h3-9H,1,10-12H2,2H3. The molecule has 0 aliphatic carbocycles. The van der Waals surface area contributed by atoms with E-state index >= 15 is 0 Å². The predicted molar refractivity (Wildman–Crippen MR) is 100 cm³/mol. The van der Waals surface area contributed by atoms with E-state index in [4.69, 9.17) is 21.2 Å². The molecule has 3 nitrogen and oxygen atoms in total. The maximum Gasteiger partial charge on any atom is 0.416 e. The minimum atomic E-state index is -4.36. The van der Waals surface area contributed by atoms with Gasteiger partial charge in [0.25, 0.3) is 0 Å². The molecule has 2 aromatic rings. The normalized spacial score (nSPS) is 11.4. The van der Waals surface area contributed by atoms with E-state index in [2.05, 4.69) is 11.5 Å². The lowest BCUT2D eigenvalue weighted by atomic mass is 10.2. The van der Waals surface area contributed by atoms with Crippen LogP contribution in [0, 0.1) is 0 Å². The molecule has 0 amide bonds. The molecule has 0 bridgehead atoms. The third-order valence-corrected chi connectivity index (χ3v) is 5.04. The molecule has 0 unspecified atom stereocenters. The van der Waals surface area contributed by atoms with Gasteiger partial charge in [0.1, 0.15) is 19.0 Å². The van der Waals surface area contributed by atoms with Crippen molar-refractivity contribution in [2.45, 2.75) is 17.7 Å². The molecule has 2 aromatic carbocycles. The smallest absolute Gasteiger partial charge is 0.416 e. The third kappa shape index (κ3) is 7.10. The molecular formula is C19H18ClF3O3S. The maximum absolute atomic E-state index is 12.5. The Kier molecular flexibility index (Phi) is 8.04. The second-order valence-electron chi connectivity index (χ2n) is 5.54. The van der Waals surface area contributed by atoms with Crippen molar-refractivity contribution in [3.05, 3.63) is 70.8 Å². The van der Waals surface area contributed by atoms with E-state index in [9.17, 15) is 13.2 Å². The third-order valence-electron chi connectivity index (χ3n) is 3.40. The molecule has 2 rings (SSSR count). The monoisotopic (exact) mass is 418 g/mol. The fourth-order valence-electron chi connectivity index (χ4n) is 2.03. The summed E-state index contributed by atoms with van der Waals surface area (Å²) in [5.41, 5.74) is 0.955. The van der Waals surface area contributed by atoms with E-state index in [1.54, 1.807) is 6.07 Å². The average Bonchev–Trinajstić information content (AvgIpc) is 2.63. The highest BCUT2D eigenvalue weighted by molar-refractivity contribution is 7.99. The summed E-state index contributed by atoms with van der Waals surface area (Å²) in [6, 6.07) is 10.1. The van der Waals surface area contributed by atoms with Crippen molar-refractivity contribution in [2.75, 3.05) is 19.5 Å². The van der Waals surface area contributed by atoms with Gasteiger partial charge in [-0.15, -0.1) is 11.8 Å². The van der Waals surface area contributed by atoms with Gasteiger partial charge in [0.05, 0.1) is 17.7 Å². The fourth-order valence-corrected chi connectivity index (χ4v) is 3.20. The lowest BCUT2D eigenvalue weighted by Crippen LogP contribution is -2.05. The van der Waals surface area contributed by atoms with Gasteiger partial charge in [-0.2, -0.15) is 13.2 Å². The molecule has 8 heteroatoms. The summed E-state index contributed by atoms with van der Waals surface area (Å²) in [7, 11) is 1.43. The second-order valence-corrected chi connectivity index (χ2v) is 6.97. The lowest BCUT2D eigenvalue weighted by Gasteiger charge is -2.11. The second kappa shape index (κ2) is 10.0. The Morgan fingerprint density at radius 3 is 2.44 bits per heavy atom. The first kappa shape index (κ1) is 21.6. The minimum absolute atomic E-state index is 0.204. The van der Waals surface area contributed by atoms with Gasteiger partial charge in [-0.3, -0.25) is 0 Å². The zero-order chi connectivity index (χ0) is 19.9. The molecular weight excluding hydrogens is 401 g/mol. The molecule has 0 aromatic heterocycles. The summed E-state index contributed by atoms with van der Waals surface area (Å²) < 4.78 is 43.1. The Hall–Kier alpha value is -1.67. The van der Waals surface area contributed by atoms with E-state index in [1.165, 1.54) is 31.0 Å². The van der Waals surface area contributed by atoms with Crippen LogP contribution in [0.4, 0.5) is 13.2 Å². The van der Waals surface area contributed by atoms with Crippen molar-refractivity contribution in [3.8, 4) is 5.75 Å². The number of alkyl halides is 3. The van der Waals surface area contributed by atoms with Crippen molar-refractivity contribution < 1.29 is 27.7 Å². The Morgan fingerprint density at radius 1 is 1.15 bits per heavy atom. The highest BCUT2D eigenvalue weighted by atomic mass is 35.5. The molecule has 0 aliphatic rings. The Labute approximate surface area is 165 Å². The lowest BCUT2D eigenvalue weighted by molar-refractivity contribution is -0.282. The van der Waals surface area contributed by atoms with E-state index in [0.717, 1.165) is 28.2 Å². The number of hydrogen-bond acceptors (Lipinski definition) is 4. The fraction of sp³-hybridized carbons (Fsp3) is 0.263. The van der Waals surface area contributed by atoms with Crippen LogP contribution < -0.4 is 4.74 Å². The van der Waals surface area contributed by atoms with Gasteiger partial charge in [0.2, 0.25) is 0 Å². The van der Waals surface area contributed by atoms with E-state index < -0.39 is 11.7 Å². The van der Waals surface area contributed by atoms with Gasteiger partial charge in [-0.05, 0) is 47.5 Å². The molecule has 0 saturated carbocycles. The highest BCUT2D eigenvalue weighted by Crippen LogP contribution is 2.31. The van der Waals surface area contributed by atoms with Crippen molar-refractivity contribution in [3.63, 3.8) is 0 Å². The molecule has 0 spiro atoms. The van der Waals surface area contributed by atoms with Gasteiger partial charge in [-0.1, -0.05) is 24.2 Å². The first-order valence-corrected chi connectivity index (χ1v) is 9.19. The largest absolute Gasteiger partial charge is 0.489 e. The van der Waals surface area contributed by atoms with Crippen molar-refractivity contribution in [2.24, 2.45) is 0 Å². The molecule has 0 N–H and O–H groups in total. The molecule has 0 radical (unpaired) electrons. The van der Waals surface area contributed by atoms with Crippen LogP contribution in [0.25, 0.3) is 0 Å². The number of benzene rings is 2. The van der Waals surface area contributed by atoms with Gasteiger partial charge in [0.15, 0.2) is 0 Å². The summed E-state index contributed by atoms with van der Waals surface area (Å²) in [5.74, 6) is 0.920. The minimum Gasteiger partial charge on any atom is -0.489 e. The van der Waals surface area contributed by atoms with Gasteiger partial charge < -0.3 is 4.74 Å². The quantitative estimate of drug-likeness (QED) is 0.211. The van der Waals surface area contributed by atoms with Crippen molar-refractivity contribution in [1.82, 2.24) is 0 Å². The Bertz CT molecular complexity index is 764. The number of halogens is 4. The SMILES string of the molecule is C=C(COc1ccc(C(F)(F)F)cc1)CSc1ccc(COOC)cc1Cl. The Morgan fingerprint density at radius 2 is 1.85 bits per heavy atom. The van der Waals surface area contributed by atoms with Crippen LogP contribution in [0.15, 0.2) is 59.5 Å². The zero-order valence-corrected chi connectivity index (χ0v) is 16.1. The van der Waals surface area contributed by atoms with Crippen LogP contribution >= 0.6 is 23.4 Å². The van der Waals surface area contributed by atoms with E-state index in [1.807, 2.05) is 12.1 Å². The molecule has 0 aliphatic heterocycles. The van der Waals surface area contributed by atoms with E-state index in [-0.39, 0.29) is 6.61 Å². The van der Waals surface area contributed by atoms with Crippen LogP contribution in [0.5, 0.6) is 5.75 Å². The first-order chi connectivity index (χ1) is 12.8. The molecule has 0 saturated heterocycles. The van der Waals surface area contributed by atoms with Gasteiger partial charge in [-0.25, -0.2) is 9.78 Å². The van der Waals surface area contributed by atoms with Crippen LogP contribution in [-0.2, 0) is 22.6 Å². The highest BCUT2D eigenvalue weighted by Gasteiger charge is 2.30. The molecule has 27 heavy (non-hydrogen) atoms. The zero-order valence-electron chi connectivity index (χ0n) is 14.5. The molecule has 146 valence electrons. The van der Waals surface area contributed by atoms with Crippen LogP contribution in [-0.4, -0.2) is 19.5 Å². The average molecular weight is 419 g/mol. The maximum atomic E-state index is 12.5. The van der Waals surface area contributed by atoms with Gasteiger partial charge >= 0.3 is 6.18 Å². The van der Waals surface area contributed by atoms with Crippen LogP contribution in [0.3, 0.4) is 0 Å². The molecule has 0 fully saturated rings. The summed E-state index contributed by atoms with van der Waals surface area (Å²) in [6.45, 7) is 4.43. The number of hydrogen-bond donors (Lipinski definition) is 0. The number of thioether (sulfide) groups is 1. The van der Waals surface area contributed by atoms with E-state index in [0.29, 0.717) is 23.1 Å². The summed E-state index contributed by atoms with van der Waals surface area (Å²) in [6.07, 6.45) is -4.36. The number of ether oxygens (including phenoxy) is 1. The summed E-state index contributed by atoms with van der Waals surface area (Å²) in [4.78, 5) is 10.3. The molecule has 0 atom stereocenters. The predicted octanol–water partition coefficient (Wildman–Crippen LogP) is 6.16. The summed E-state index contributed by atoms with van der Waals surface area (Å²) >= 11 is 7.74. The molecule has 0 heterocycles. The van der Waals surface area contributed by atoms with Crippen molar-refractivity contribution >= 4 is 23.4 Å². The number of rotatable bonds is 9. The first-order valence-electron chi connectivity index (χ1n) is 7.83. The Balaban J connectivity index is 1.81. The van der Waals surface area contributed by atoms with Gasteiger partial charge in [0, 0.05) is 10.6 Å².